The smallest absolute Gasteiger partial charge is 0.0405 e. The van der Waals surface area contributed by atoms with Crippen molar-refractivity contribution in [1.29, 1.82) is 0 Å². The number of unbranched alkanes of at least 4 members (excludes halogenated alkanes) is 3. The molecule has 22 heavy (non-hydrogen) atoms. The van der Waals surface area contributed by atoms with E-state index < -0.39 is 8.80 Å². The molecule has 0 saturated heterocycles. The molecule has 0 spiro atoms. The predicted octanol–water partition coefficient (Wildman–Crippen LogP) is 6.75. The molecule has 0 aliphatic heterocycles. The molecule has 1 fully saturated rings. The van der Waals surface area contributed by atoms with E-state index in [2.05, 4.69) is 45.1 Å². The topological polar surface area (TPSA) is 0 Å². The summed E-state index contributed by atoms with van der Waals surface area (Å²) in [6.07, 6.45) is 21.5. The fourth-order valence-corrected chi connectivity index (χ4v) is 9.75. The molecule has 126 valence electrons. The van der Waals surface area contributed by atoms with Crippen LogP contribution in [0, 0.1) is 17.8 Å². The van der Waals surface area contributed by atoms with Crippen molar-refractivity contribution in [3.05, 3.63) is 24.3 Å². The van der Waals surface area contributed by atoms with E-state index in [9.17, 15) is 0 Å². The summed E-state index contributed by atoms with van der Waals surface area (Å²) in [7, 11) is -0.573. The lowest BCUT2D eigenvalue weighted by molar-refractivity contribution is 0.383. The fraction of sp³-hybridized carbons (Fsp3) is 0.810. The molecular formula is C21H38Si. The quantitative estimate of drug-likeness (QED) is 0.391. The molecule has 0 amide bonds. The predicted molar refractivity (Wildman–Crippen MR) is 103 cm³/mol. The van der Waals surface area contributed by atoms with E-state index in [-0.39, 0.29) is 0 Å². The van der Waals surface area contributed by atoms with Crippen LogP contribution < -0.4 is 0 Å². The van der Waals surface area contributed by atoms with Gasteiger partial charge in [-0.15, -0.1) is 0 Å². The van der Waals surface area contributed by atoms with E-state index in [0.717, 1.165) is 23.3 Å². The van der Waals surface area contributed by atoms with Crippen LogP contribution in [0.5, 0.6) is 0 Å². The summed E-state index contributed by atoms with van der Waals surface area (Å²) >= 11 is 0. The first-order valence-electron chi connectivity index (χ1n) is 10.2. The van der Waals surface area contributed by atoms with Gasteiger partial charge in [-0.2, -0.15) is 0 Å². The minimum absolute atomic E-state index is 0.573. The molecule has 2 aliphatic rings. The van der Waals surface area contributed by atoms with Crippen molar-refractivity contribution in [3.63, 3.8) is 0 Å². The Morgan fingerprint density at radius 3 is 2.00 bits per heavy atom. The average Bonchev–Trinajstić information content (AvgIpc) is 2.92. The van der Waals surface area contributed by atoms with Gasteiger partial charge >= 0.3 is 0 Å². The number of allylic oxidation sites excluding steroid dienone is 4. The van der Waals surface area contributed by atoms with Gasteiger partial charge in [0, 0.05) is 8.80 Å². The highest BCUT2D eigenvalue weighted by molar-refractivity contribution is 6.60. The Labute approximate surface area is 141 Å². The zero-order chi connectivity index (χ0) is 15.8. The molecule has 4 unspecified atom stereocenters. The molecule has 2 rings (SSSR count). The second-order valence-corrected chi connectivity index (χ2v) is 11.3. The van der Waals surface area contributed by atoms with E-state index in [1.165, 1.54) is 44.9 Å². The molecule has 1 heteroatoms. The molecule has 0 bridgehead atoms. The maximum absolute atomic E-state index is 2.60. The SMILES string of the molecule is CCCCC1CC([SiH](CCCC)CCCC)C2C=CC=CC12. The Kier molecular flexibility index (Phi) is 8.00. The molecule has 0 radical (unpaired) electrons. The highest BCUT2D eigenvalue weighted by Gasteiger charge is 2.43. The van der Waals surface area contributed by atoms with Crippen LogP contribution in [0.25, 0.3) is 0 Å². The van der Waals surface area contributed by atoms with Gasteiger partial charge in [-0.25, -0.2) is 0 Å². The van der Waals surface area contributed by atoms with Crippen molar-refractivity contribution in [1.82, 2.24) is 0 Å². The summed E-state index contributed by atoms with van der Waals surface area (Å²) in [5.41, 5.74) is 1.10. The average molecular weight is 319 g/mol. The zero-order valence-corrected chi connectivity index (χ0v) is 16.4. The summed E-state index contributed by atoms with van der Waals surface area (Å²) < 4.78 is 0. The third kappa shape index (κ3) is 4.60. The fourth-order valence-electron chi connectivity index (χ4n) is 4.99. The van der Waals surface area contributed by atoms with E-state index in [1.54, 1.807) is 18.5 Å². The zero-order valence-electron chi connectivity index (χ0n) is 15.3. The first kappa shape index (κ1) is 18.0. The van der Waals surface area contributed by atoms with Crippen LogP contribution in [0.4, 0.5) is 0 Å². The van der Waals surface area contributed by atoms with Crippen LogP contribution in [-0.2, 0) is 0 Å². The molecule has 0 aromatic carbocycles. The third-order valence-corrected chi connectivity index (χ3v) is 10.5. The van der Waals surface area contributed by atoms with Gasteiger partial charge in [0.2, 0.25) is 0 Å². The summed E-state index contributed by atoms with van der Waals surface area (Å²) in [5.74, 6) is 2.80. The Hall–Kier alpha value is -0.303. The van der Waals surface area contributed by atoms with Crippen LogP contribution in [0.1, 0.15) is 72.1 Å². The van der Waals surface area contributed by atoms with E-state index in [0.29, 0.717) is 0 Å². The summed E-state index contributed by atoms with van der Waals surface area (Å²) in [6, 6.07) is 3.23. The van der Waals surface area contributed by atoms with Gasteiger partial charge in [-0.05, 0) is 36.1 Å². The van der Waals surface area contributed by atoms with Gasteiger partial charge in [-0.1, -0.05) is 95.7 Å². The standard InChI is InChI=1S/C21H38Si/c1-4-7-12-18-17-21(20-14-11-10-13-19(18)20)22(15-8-5-2)16-9-6-3/h10-11,13-14,18-22H,4-9,12,15-17H2,1-3H3. The molecule has 0 aromatic heterocycles. The molecule has 0 N–H and O–H groups in total. The van der Waals surface area contributed by atoms with Crippen LogP contribution >= 0.6 is 0 Å². The lowest BCUT2D eigenvalue weighted by Gasteiger charge is -2.29. The number of hydrogen-bond acceptors (Lipinski definition) is 0. The lowest BCUT2D eigenvalue weighted by Crippen LogP contribution is -2.25. The van der Waals surface area contributed by atoms with Gasteiger partial charge in [0.15, 0.2) is 0 Å². The van der Waals surface area contributed by atoms with Crippen molar-refractivity contribution in [2.75, 3.05) is 0 Å². The van der Waals surface area contributed by atoms with Crippen LogP contribution in [0.3, 0.4) is 0 Å². The highest BCUT2D eigenvalue weighted by atomic mass is 28.3. The van der Waals surface area contributed by atoms with Crippen molar-refractivity contribution < 1.29 is 0 Å². The second kappa shape index (κ2) is 9.75. The molecule has 0 nitrogen and oxygen atoms in total. The Morgan fingerprint density at radius 2 is 1.41 bits per heavy atom. The van der Waals surface area contributed by atoms with Gasteiger partial charge in [0.1, 0.15) is 0 Å². The van der Waals surface area contributed by atoms with Crippen molar-refractivity contribution >= 4 is 8.80 Å². The Bertz CT molecular complexity index is 349. The van der Waals surface area contributed by atoms with E-state index in [1.807, 2.05) is 0 Å². The maximum atomic E-state index is 2.60. The lowest BCUT2D eigenvalue weighted by atomic mass is 9.84. The number of rotatable bonds is 10. The number of fused-ring (bicyclic) bond motifs is 1. The first-order chi connectivity index (χ1) is 10.8. The van der Waals surface area contributed by atoms with Crippen LogP contribution in [0.2, 0.25) is 17.6 Å². The highest BCUT2D eigenvalue weighted by Crippen LogP contribution is 2.52. The first-order valence-corrected chi connectivity index (χ1v) is 12.5. The molecule has 0 heterocycles. The summed E-state index contributed by atoms with van der Waals surface area (Å²) in [5, 5.41) is 0. The van der Waals surface area contributed by atoms with Crippen molar-refractivity contribution in [2.45, 2.75) is 89.8 Å². The maximum Gasteiger partial charge on any atom is 0.0405 e. The van der Waals surface area contributed by atoms with Gasteiger partial charge < -0.3 is 0 Å². The van der Waals surface area contributed by atoms with Crippen molar-refractivity contribution in [2.24, 2.45) is 17.8 Å². The summed E-state index contributed by atoms with van der Waals surface area (Å²) in [6.45, 7) is 7.09. The molecule has 1 saturated carbocycles. The van der Waals surface area contributed by atoms with E-state index in [4.69, 9.17) is 0 Å². The monoisotopic (exact) mass is 318 g/mol. The van der Waals surface area contributed by atoms with Gasteiger partial charge in [0.25, 0.3) is 0 Å². The van der Waals surface area contributed by atoms with Crippen LogP contribution in [-0.4, -0.2) is 8.80 Å². The minimum atomic E-state index is -0.573. The van der Waals surface area contributed by atoms with Gasteiger partial charge in [0.05, 0.1) is 0 Å². The third-order valence-electron chi connectivity index (χ3n) is 6.23. The molecule has 4 atom stereocenters. The summed E-state index contributed by atoms with van der Waals surface area (Å²) in [4.78, 5) is 0. The number of hydrogen-bond donors (Lipinski definition) is 0. The Morgan fingerprint density at radius 1 is 0.818 bits per heavy atom. The molecular weight excluding hydrogens is 280 g/mol. The van der Waals surface area contributed by atoms with Gasteiger partial charge in [-0.3, -0.25) is 0 Å². The molecule has 2 aliphatic carbocycles. The molecule has 0 aromatic rings. The Balaban J connectivity index is 2.05. The van der Waals surface area contributed by atoms with E-state index >= 15 is 0 Å². The van der Waals surface area contributed by atoms with Crippen LogP contribution in [0.15, 0.2) is 24.3 Å². The largest absolute Gasteiger partial charge is 0.0808 e. The normalized spacial score (nSPS) is 30.2. The minimum Gasteiger partial charge on any atom is -0.0808 e. The second-order valence-electron chi connectivity index (χ2n) is 7.77. The van der Waals surface area contributed by atoms with Crippen molar-refractivity contribution in [3.8, 4) is 0 Å².